The number of imidazole rings is 1. The third kappa shape index (κ3) is 2.37. The smallest absolute Gasteiger partial charge is 0.141 e. The van der Waals surface area contributed by atoms with E-state index in [0.717, 1.165) is 21.4 Å². The maximum atomic E-state index is 9.66. The summed E-state index contributed by atoms with van der Waals surface area (Å²) in [6.45, 7) is 0. The van der Waals surface area contributed by atoms with Gasteiger partial charge in [0.1, 0.15) is 11.4 Å². The van der Waals surface area contributed by atoms with Crippen molar-refractivity contribution in [3.05, 3.63) is 112 Å². The largest absolute Gasteiger partial charge is 0.316 e. The molecule has 1 aliphatic heterocycles. The van der Waals surface area contributed by atoms with Gasteiger partial charge < -0.3 is 4.57 Å². The predicted octanol–water partition coefficient (Wildman–Crippen LogP) is 5.53. The van der Waals surface area contributed by atoms with E-state index in [0.29, 0.717) is 12.0 Å². The van der Waals surface area contributed by atoms with Crippen molar-refractivity contribution in [2.45, 2.75) is 12.0 Å². The van der Waals surface area contributed by atoms with E-state index >= 15 is 0 Å². The van der Waals surface area contributed by atoms with Crippen molar-refractivity contribution < 1.29 is 0 Å². The second kappa shape index (κ2) is 6.47. The molecule has 1 aliphatic rings. The normalized spacial score (nSPS) is 17.0. The van der Waals surface area contributed by atoms with Crippen LogP contribution >= 0.6 is 15.9 Å². The van der Waals surface area contributed by atoms with E-state index in [1.807, 2.05) is 30.6 Å². The Morgan fingerprint density at radius 3 is 2.54 bits per heavy atom. The van der Waals surface area contributed by atoms with Gasteiger partial charge in [-0.1, -0.05) is 70.5 Å². The molecule has 1 aromatic heterocycles. The van der Waals surface area contributed by atoms with Crippen molar-refractivity contribution in [2.75, 3.05) is 0 Å². The molecule has 0 unspecified atom stereocenters. The van der Waals surface area contributed by atoms with Gasteiger partial charge in [-0.3, -0.25) is 0 Å². The minimum Gasteiger partial charge on any atom is -0.316 e. The standard InChI is InChI=1S/C24H16BrN3/c25-20-11-9-19(10-12-20)24(15-17-5-1-2-6-18(17)16-26)22-8-4-3-7-21(22)23-27-13-14-28(23)24/h1-14H,15H2/t24-/m1/s1. The van der Waals surface area contributed by atoms with Crippen LogP contribution in [0.25, 0.3) is 11.4 Å². The summed E-state index contributed by atoms with van der Waals surface area (Å²) >= 11 is 3.56. The Balaban J connectivity index is 1.83. The first-order valence-corrected chi connectivity index (χ1v) is 9.91. The van der Waals surface area contributed by atoms with Crippen LogP contribution in [0.5, 0.6) is 0 Å². The molecule has 0 spiro atoms. The maximum Gasteiger partial charge on any atom is 0.141 e. The summed E-state index contributed by atoms with van der Waals surface area (Å²) in [6, 6.07) is 27.1. The van der Waals surface area contributed by atoms with Gasteiger partial charge in [0, 0.05) is 28.9 Å². The number of halogens is 1. The Labute approximate surface area is 172 Å². The molecule has 0 amide bonds. The maximum absolute atomic E-state index is 9.66. The predicted molar refractivity (Wildman–Crippen MR) is 113 cm³/mol. The number of rotatable bonds is 3. The quantitative estimate of drug-likeness (QED) is 0.432. The summed E-state index contributed by atoms with van der Waals surface area (Å²) in [4.78, 5) is 4.65. The molecule has 0 bridgehead atoms. The molecule has 2 heterocycles. The highest BCUT2D eigenvalue weighted by atomic mass is 79.9. The molecule has 4 aromatic rings. The highest BCUT2D eigenvalue weighted by Crippen LogP contribution is 2.49. The van der Waals surface area contributed by atoms with Gasteiger partial charge in [0.15, 0.2) is 0 Å². The lowest BCUT2D eigenvalue weighted by atomic mass is 9.77. The first-order chi connectivity index (χ1) is 13.7. The number of aromatic nitrogens is 2. The summed E-state index contributed by atoms with van der Waals surface area (Å²) in [7, 11) is 0. The second-order valence-corrected chi connectivity index (χ2v) is 7.90. The molecule has 134 valence electrons. The number of hydrogen-bond acceptors (Lipinski definition) is 2. The molecule has 0 N–H and O–H groups in total. The lowest BCUT2D eigenvalue weighted by molar-refractivity contribution is 0.449. The summed E-state index contributed by atoms with van der Waals surface area (Å²) in [5.74, 6) is 0.966. The Morgan fingerprint density at radius 1 is 0.964 bits per heavy atom. The van der Waals surface area contributed by atoms with Gasteiger partial charge in [-0.25, -0.2) is 4.98 Å². The summed E-state index contributed by atoms with van der Waals surface area (Å²) in [5, 5.41) is 9.66. The molecular weight excluding hydrogens is 410 g/mol. The summed E-state index contributed by atoms with van der Waals surface area (Å²) in [6.07, 6.45) is 4.58. The van der Waals surface area contributed by atoms with Crippen LogP contribution in [0.1, 0.15) is 22.3 Å². The van der Waals surface area contributed by atoms with Gasteiger partial charge in [0.25, 0.3) is 0 Å². The van der Waals surface area contributed by atoms with Crippen LogP contribution in [0.2, 0.25) is 0 Å². The Bertz CT molecular complexity index is 1220. The molecule has 1 atom stereocenters. The fourth-order valence-corrected chi connectivity index (χ4v) is 4.61. The highest BCUT2D eigenvalue weighted by molar-refractivity contribution is 9.10. The molecule has 3 nitrogen and oxygen atoms in total. The molecule has 0 saturated heterocycles. The zero-order chi connectivity index (χ0) is 19.1. The molecule has 5 rings (SSSR count). The SMILES string of the molecule is N#Cc1ccccc1C[C@@]1(c2ccc(Br)cc2)c2ccccc2-c2nccn21. The first kappa shape index (κ1) is 17.0. The molecule has 0 radical (unpaired) electrons. The fraction of sp³-hybridized carbons (Fsp3) is 0.0833. The average Bonchev–Trinajstić information content (AvgIpc) is 3.31. The van der Waals surface area contributed by atoms with Crippen LogP contribution in [0.15, 0.2) is 89.7 Å². The monoisotopic (exact) mass is 425 g/mol. The Kier molecular flexibility index (Phi) is 3.92. The molecular formula is C24H16BrN3. The zero-order valence-corrected chi connectivity index (χ0v) is 16.6. The van der Waals surface area contributed by atoms with Crippen molar-refractivity contribution in [3.63, 3.8) is 0 Å². The minimum absolute atomic E-state index is 0.448. The van der Waals surface area contributed by atoms with Gasteiger partial charge >= 0.3 is 0 Å². The van der Waals surface area contributed by atoms with Crippen molar-refractivity contribution in [2.24, 2.45) is 0 Å². The lowest BCUT2D eigenvalue weighted by Gasteiger charge is -2.34. The lowest BCUT2D eigenvalue weighted by Crippen LogP contribution is -2.35. The number of hydrogen-bond donors (Lipinski definition) is 0. The molecule has 0 saturated carbocycles. The van der Waals surface area contributed by atoms with Crippen molar-refractivity contribution in [3.8, 4) is 17.5 Å². The first-order valence-electron chi connectivity index (χ1n) is 9.12. The van der Waals surface area contributed by atoms with Crippen LogP contribution in [0.3, 0.4) is 0 Å². The van der Waals surface area contributed by atoms with E-state index in [-0.39, 0.29) is 0 Å². The van der Waals surface area contributed by atoms with Gasteiger partial charge in [-0.2, -0.15) is 5.26 Å². The van der Waals surface area contributed by atoms with E-state index in [4.69, 9.17) is 0 Å². The molecule has 4 heteroatoms. The van der Waals surface area contributed by atoms with E-state index in [2.05, 4.69) is 86.1 Å². The van der Waals surface area contributed by atoms with Gasteiger partial charge in [0.05, 0.1) is 11.6 Å². The number of benzene rings is 3. The molecule has 3 aromatic carbocycles. The fourth-order valence-electron chi connectivity index (χ4n) is 4.34. The minimum atomic E-state index is -0.448. The van der Waals surface area contributed by atoms with E-state index in [9.17, 15) is 5.26 Å². The summed E-state index contributed by atoms with van der Waals surface area (Å²) in [5.41, 5.74) is 4.83. The third-order valence-corrected chi connectivity index (χ3v) is 6.10. The molecule has 28 heavy (non-hydrogen) atoms. The van der Waals surface area contributed by atoms with Crippen LogP contribution in [-0.4, -0.2) is 9.55 Å². The molecule has 0 fully saturated rings. The second-order valence-electron chi connectivity index (χ2n) is 6.98. The van der Waals surface area contributed by atoms with Gasteiger partial charge in [-0.05, 0) is 34.9 Å². The van der Waals surface area contributed by atoms with Crippen LogP contribution in [0.4, 0.5) is 0 Å². The van der Waals surface area contributed by atoms with Crippen molar-refractivity contribution >= 4 is 15.9 Å². The number of nitriles is 1. The van der Waals surface area contributed by atoms with Crippen LogP contribution in [0, 0.1) is 11.3 Å². The van der Waals surface area contributed by atoms with Crippen molar-refractivity contribution in [1.82, 2.24) is 9.55 Å². The zero-order valence-electron chi connectivity index (χ0n) is 15.0. The van der Waals surface area contributed by atoms with E-state index in [1.165, 1.54) is 11.1 Å². The molecule has 0 aliphatic carbocycles. The van der Waals surface area contributed by atoms with E-state index < -0.39 is 5.54 Å². The third-order valence-electron chi connectivity index (χ3n) is 5.57. The van der Waals surface area contributed by atoms with E-state index in [1.54, 1.807) is 0 Å². The topological polar surface area (TPSA) is 41.6 Å². The summed E-state index contributed by atoms with van der Waals surface area (Å²) < 4.78 is 3.30. The van der Waals surface area contributed by atoms with Gasteiger partial charge in [0.2, 0.25) is 0 Å². The highest BCUT2D eigenvalue weighted by Gasteiger charge is 2.45. The van der Waals surface area contributed by atoms with Crippen molar-refractivity contribution in [1.29, 1.82) is 5.26 Å². The Hall–Kier alpha value is -3.16. The van der Waals surface area contributed by atoms with Crippen LogP contribution in [-0.2, 0) is 12.0 Å². The number of fused-ring (bicyclic) bond motifs is 3. The van der Waals surface area contributed by atoms with Gasteiger partial charge in [-0.15, -0.1) is 0 Å². The Morgan fingerprint density at radius 2 is 1.71 bits per heavy atom. The van der Waals surface area contributed by atoms with Crippen LogP contribution < -0.4 is 0 Å². The average molecular weight is 426 g/mol. The number of nitrogens with zero attached hydrogens (tertiary/aromatic N) is 3.